The Balaban J connectivity index is 1.97. The van der Waals surface area contributed by atoms with E-state index >= 15 is 0 Å². The summed E-state index contributed by atoms with van der Waals surface area (Å²) in [5, 5.41) is 17.6. The number of anilines is 1. The molecule has 0 atom stereocenters. The first-order valence-electron chi connectivity index (χ1n) is 6.38. The number of benzene rings is 1. The van der Waals surface area contributed by atoms with E-state index in [0.29, 0.717) is 37.2 Å². The minimum absolute atomic E-state index is 0.0756. The van der Waals surface area contributed by atoms with Crippen LogP contribution in [0.4, 0.5) is 10.1 Å². The molecule has 20 heavy (non-hydrogen) atoms. The molecule has 6 heteroatoms. The van der Waals surface area contributed by atoms with Crippen molar-refractivity contribution in [2.24, 2.45) is 0 Å². The molecule has 0 aliphatic carbocycles. The normalized spacial score (nSPS) is 15.9. The number of hydrogen-bond donors (Lipinski definition) is 1. The summed E-state index contributed by atoms with van der Waals surface area (Å²) in [5.74, 6) is -1.40. The van der Waals surface area contributed by atoms with Gasteiger partial charge in [0.2, 0.25) is 0 Å². The van der Waals surface area contributed by atoms with E-state index in [1.165, 1.54) is 12.1 Å². The molecule has 1 aliphatic rings. The van der Waals surface area contributed by atoms with Crippen molar-refractivity contribution in [2.75, 3.05) is 24.6 Å². The van der Waals surface area contributed by atoms with Crippen molar-refractivity contribution in [3.05, 3.63) is 29.6 Å². The third-order valence-electron chi connectivity index (χ3n) is 3.30. The highest BCUT2D eigenvalue weighted by atomic mass is 19.1. The van der Waals surface area contributed by atoms with Gasteiger partial charge in [0, 0.05) is 13.1 Å². The molecule has 2 rings (SSSR count). The van der Waals surface area contributed by atoms with E-state index in [1.807, 2.05) is 11.0 Å². The maximum Gasteiger partial charge on any atom is 0.329 e. The fraction of sp³-hybridized carbons (Fsp3) is 0.429. The van der Waals surface area contributed by atoms with Crippen LogP contribution in [-0.2, 0) is 9.53 Å². The van der Waals surface area contributed by atoms with E-state index in [-0.39, 0.29) is 12.7 Å². The first-order valence-corrected chi connectivity index (χ1v) is 6.38. The van der Waals surface area contributed by atoms with Gasteiger partial charge in [-0.05, 0) is 31.0 Å². The minimum atomic E-state index is -0.974. The molecule has 1 fully saturated rings. The number of carboxylic acid groups (broad SMARTS) is 1. The summed E-state index contributed by atoms with van der Waals surface area (Å²) in [6.45, 7) is 1.03. The summed E-state index contributed by atoms with van der Waals surface area (Å²) < 4.78 is 18.3. The summed E-state index contributed by atoms with van der Waals surface area (Å²) in [4.78, 5) is 12.4. The number of carboxylic acids is 1. The standard InChI is InChI=1S/C14H15FN2O3/c15-11-1-2-13(10(7-11)8-16)17-5-3-12(4-6-17)20-9-14(18)19/h1-2,7,12H,3-6,9H2,(H,18,19). The van der Waals surface area contributed by atoms with Gasteiger partial charge >= 0.3 is 5.97 Å². The molecule has 106 valence electrons. The molecule has 0 bridgehead atoms. The number of nitrogens with zero attached hydrogens (tertiary/aromatic N) is 2. The maximum atomic E-state index is 13.1. The van der Waals surface area contributed by atoms with Crippen LogP contribution in [0.15, 0.2) is 18.2 Å². The number of carbonyl (C=O) groups is 1. The average Bonchev–Trinajstić information content (AvgIpc) is 2.45. The van der Waals surface area contributed by atoms with Crippen molar-refractivity contribution in [3.8, 4) is 6.07 Å². The number of aliphatic carboxylic acids is 1. The Morgan fingerprint density at radius 2 is 2.20 bits per heavy atom. The van der Waals surface area contributed by atoms with E-state index in [9.17, 15) is 9.18 Å². The number of hydrogen-bond acceptors (Lipinski definition) is 4. The molecular formula is C14H15FN2O3. The van der Waals surface area contributed by atoms with Gasteiger partial charge in [-0.25, -0.2) is 9.18 Å². The summed E-state index contributed by atoms with van der Waals surface area (Å²) in [5.41, 5.74) is 1.03. The molecule has 0 radical (unpaired) electrons. The topological polar surface area (TPSA) is 73.6 Å². The van der Waals surface area contributed by atoms with Gasteiger partial charge in [-0.1, -0.05) is 0 Å². The SMILES string of the molecule is N#Cc1cc(F)ccc1N1CCC(OCC(=O)O)CC1. The van der Waals surface area contributed by atoms with E-state index in [0.717, 1.165) is 0 Å². The van der Waals surface area contributed by atoms with Gasteiger partial charge in [0.15, 0.2) is 0 Å². The maximum absolute atomic E-state index is 13.1. The Bertz CT molecular complexity index is 534. The third-order valence-corrected chi connectivity index (χ3v) is 3.30. The molecule has 1 saturated heterocycles. The zero-order chi connectivity index (χ0) is 14.5. The highest BCUT2D eigenvalue weighted by molar-refractivity contribution is 5.68. The summed E-state index contributed by atoms with van der Waals surface area (Å²) >= 11 is 0. The number of piperidine rings is 1. The molecule has 1 N–H and O–H groups in total. The van der Waals surface area contributed by atoms with Crippen LogP contribution in [0.5, 0.6) is 0 Å². The van der Waals surface area contributed by atoms with Crippen LogP contribution in [0.25, 0.3) is 0 Å². The molecule has 1 aliphatic heterocycles. The highest BCUT2D eigenvalue weighted by Gasteiger charge is 2.22. The summed E-state index contributed by atoms with van der Waals surface area (Å²) in [7, 11) is 0. The van der Waals surface area contributed by atoms with Crippen molar-refractivity contribution in [1.82, 2.24) is 0 Å². The monoisotopic (exact) mass is 278 g/mol. The second-order valence-corrected chi connectivity index (χ2v) is 4.66. The van der Waals surface area contributed by atoms with Crippen LogP contribution in [0.3, 0.4) is 0 Å². The Hall–Kier alpha value is -2.13. The lowest BCUT2D eigenvalue weighted by molar-refractivity contribution is -0.144. The molecule has 1 aromatic carbocycles. The third kappa shape index (κ3) is 3.45. The number of halogens is 1. The first kappa shape index (κ1) is 14.3. The van der Waals surface area contributed by atoms with E-state index in [4.69, 9.17) is 15.1 Å². The minimum Gasteiger partial charge on any atom is -0.480 e. The molecule has 1 heterocycles. The Labute approximate surface area is 116 Å². The zero-order valence-electron chi connectivity index (χ0n) is 10.9. The van der Waals surface area contributed by atoms with Gasteiger partial charge in [0.1, 0.15) is 18.5 Å². The summed E-state index contributed by atoms with van der Waals surface area (Å²) in [6, 6.07) is 6.16. The predicted octanol–water partition coefficient (Wildman–Crippen LogP) is 1.77. The first-order chi connectivity index (χ1) is 9.60. The quantitative estimate of drug-likeness (QED) is 0.908. The number of nitriles is 1. The van der Waals surface area contributed by atoms with Crippen molar-refractivity contribution < 1.29 is 19.0 Å². The van der Waals surface area contributed by atoms with E-state index < -0.39 is 11.8 Å². The van der Waals surface area contributed by atoms with Gasteiger partial charge in [-0.3, -0.25) is 0 Å². The lowest BCUT2D eigenvalue weighted by atomic mass is 10.1. The number of rotatable bonds is 4. The predicted molar refractivity (Wildman–Crippen MR) is 69.9 cm³/mol. The Kier molecular flexibility index (Phi) is 4.53. The highest BCUT2D eigenvalue weighted by Crippen LogP contribution is 2.25. The Morgan fingerprint density at radius 3 is 2.80 bits per heavy atom. The molecule has 0 unspecified atom stereocenters. The molecule has 1 aromatic rings. The van der Waals surface area contributed by atoms with Crippen LogP contribution in [0.2, 0.25) is 0 Å². The van der Waals surface area contributed by atoms with Crippen molar-refractivity contribution in [2.45, 2.75) is 18.9 Å². The zero-order valence-corrected chi connectivity index (χ0v) is 10.9. The second kappa shape index (κ2) is 6.35. The second-order valence-electron chi connectivity index (χ2n) is 4.66. The van der Waals surface area contributed by atoms with Crippen LogP contribution in [0.1, 0.15) is 18.4 Å². The van der Waals surface area contributed by atoms with Gasteiger partial charge in [0.25, 0.3) is 0 Å². The molecule has 0 amide bonds. The van der Waals surface area contributed by atoms with Crippen LogP contribution >= 0.6 is 0 Å². The van der Waals surface area contributed by atoms with Crippen LogP contribution in [0, 0.1) is 17.1 Å². The smallest absolute Gasteiger partial charge is 0.329 e. The molecular weight excluding hydrogens is 263 g/mol. The van der Waals surface area contributed by atoms with Crippen molar-refractivity contribution in [3.63, 3.8) is 0 Å². The molecule has 0 spiro atoms. The summed E-state index contributed by atoms with van der Waals surface area (Å²) in [6.07, 6.45) is 1.30. The van der Waals surface area contributed by atoms with Crippen LogP contribution in [-0.4, -0.2) is 36.9 Å². The van der Waals surface area contributed by atoms with E-state index in [1.54, 1.807) is 6.07 Å². The Morgan fingerprint density at radius 1 is 1.50 bits per heavy atom. The molecule has 0 aromatic heterocycles. The van der Waals surface area contributed by atoms with Crippen molar-refractivity contribution in [1.29, 1.82) is 5.26 Å². The van der Waals surface area contributed by atoms with Gasteiger partial charge in [-0.15, -0.1) is 0 Å². The molecule has 0 saturated carbocycles. The van der Waals surface area contributed by atoms with Gasteiger partial charge in [-0.2, -0.15) is 5.26 Å². The largest absolute Gasteiger partial charge is 0.480 e. The van der Waals surface area contributed by atoms with Crippen LogP contribution < -0.4 is 4.90 Å². The molecule has 5 nitrogen and oxygen atoms in total. The van der Waals surface area contributed by atoms with Gasteiger partial charge in [0.05, 0.1) is 17.4 Å². The van der Waals surface area contributed by atoms with Crippen molar-refractivity contribution >= 4 is 11.7 Å². The fourth-order valence-corrected chi connectivity index (χ4v) is 2.33. The number of ether oxygens (including phenoxy) is 1. The average molecular weight is 278 g/mol. The lowest BCUT2D eigenvalue weighted by Gasteiger charge is -2.33. The lowest BCUT2D eigenvalue weighted by Crippen LogP contribution is -2.38. The van der Waals surface area contributed by atoms with E-state index in [2.05, 4.69) is 0 Å². The fourth-order valence-electron chi connectivity index (χ4n) is 2.33. The van der Waals surface area contributed by atoms with Gasteiger partial charge < -0.3 is 14.7 Å².